The van der Waals surface area contributed by atoms with Gasteiger partial charge in [0.15, 0.2) is 0 Å². The van der Waals surface area contributed by atoms with Crippen LogP contribution in [0.3, 0.4) is 0 Å². The highest BCUT2D eigenvalue weighted by molar-refractivity contribution is 6.31. The minimum Gasteiger partial charge on any atom is -0.394 e. The molecule has 6 heteroatoms. The second-order valence-corrected chi connectivity index (χ2v) is 6.92. The zero-order valence-corrected chi connectivity index (χ0v) is 18.3. The first-order valence-electron chi connectivity index (χ1n) is 9.92. The van der Waals surface area contributed by atoms with Crippen molar-refractivity contribution in [2.24, 2.45) is 11.5 Å². The molecule has 0 saturated heterocycles. The van der Waals surface area contributed by atoms with Crippen LogP contribution in [0.15, 0.2) is 72.5 Å². The van der Waals surface area contributed by atoms with Crippen molar-refractivity contribution in [3.8, 4) is 0 Å². The Morgan fingerprint density at radius 1 is 1.13 bits per heavy atom. The number of primary amides is 1. The maximum atomic E-state index is 11.2. The van der Waals surface area contributed by atoms with Crippen molar-refractivity contribution in [2.45, 2.75) is 39.5 Å². The summed E-state index contributed by atoms with van der Waals surface area (Å²) in [5.41, 5.74) is 14.4. The smallest absolute Gasteiger partial charge is 0.264 e. The zero-order valence-electron chi connectivity index (χ0n) is 17.6. The van der Waals surface area contributed by atoms with Gasteiger partial charge in [0.1, 0.15) is 0 Å². The fourth-order valence-corrected chi connectivity index (χ4v) is 2.91. The lowest BCUT2D eigenvalue weighted by molar-refractivity contribution is -0.116. The number of amides is 2. The summed E-state index contributed by atoms with van der Waals surface area (Å²) in [6, 6.07) is 15.5. The molecule has 1 heterocycles. The Bertz CT molecular complexity index is 893. The highest BCUT2D eigenvalue weighted by Crippen LogP contribution is 2.25. The third-order valence-electron chi connectivity index (χ3n) is 4.11. The Labute approximate surface area is 183 Å². The number of aryl methyl sites for hydroxylation is 1. The molecule has 2 aromatic carbocycles. The first-order valence-corrected chi connectivity index (χ1v) is 10.3. The van der Waals surface area contributed by atoms with E-state index in [4.69, 9.17) is 23.1 Å². The second kappa shape index (κ2) is 13.2. The average Bonchev–Trinajstić information content (AvgIpc) is 2.90. The number of rotatable bonds is 4. The molecule has 0 radical (unpaired) electrons. The highest BCUT2D eigenvalue weighted by Gasteiger charge is 2.12. The van der Waals surface area contributed by atoms with E-state index in [1.807, 2.05) is 56.3 Å². The molecule has 30 heavy (non-hydrogen) atoms. The number of hydrogen-bond donors (Lipinski definition) is 3. The summed E-state index contributed by atoms with van der Waals surface area (Å²) in [4.78, 5) is 21.9. The molecule has 2 amide bonds. The molecule has 160 valence electrons. The summed E-state index contributed by atoms with van der Waals surface area (Å²) in [6.07, 6.45) is 4.64. The Kier molecular flexibility index (Phi) is 11.0. The van der Waals surface area contributed by atoms with Gasteiger partial charge in [-0.2, -0.15) is 0 Å². The number of anilines is 1. The lowest BCUT2D eigenvalue weighted by Gasteiger charge is -2.05. The van der Waals surface area contributed by atoms with Gasteiger partial charge in [-0.25, -0.2) is 0 Å². The van der Waals surface area contributed by atoms with E-state index in [9.17, 15) is 9.59 Å². The number of allylic oxidation sites excluding steroid dienone is 2. The third kappa shape index (κ3) is 8.97. The first-order chi connectivity index (χ1) is 14.3. The van der Waals surface area contributed by atoms with E-state index < -0.39 is 5.91 Å². The number of nitrogens with two attached hydrogens (primary N) is 2. The predicted molar refractivity (Wildman–Crippen MR) is 125 cm³/mol. The van der Waals surface area contributed by atoms with Crippen molar-refractivity contribution in [3.05, 3.63) is 88.6 Å². The number of carbonyl (C=O) groups is 2. The van der Waals surface area contributed by atoms with E-state index in [-0.39, 0.29) is 11.6 Å². The molecule has 5 nitrogen and oxygen atoms in total. The number of benzene rings is 2. The van der Waals surface area contributed by atoms with Crippen molar-refractivity contribution >= 4 is 29.1 Å². The molecule has 1 aliphatic heterocycles. The van der Waals surface area contributed by atoms with Gasteiger partial charge in [-0.1, -0.05) is 68.4 Å². The average molecular weight is 428 g/mol. The molecule has 3 rings (SSSR count). The molecule has 2 aromatic rings. The Morgan fingerprint density at radius 2 is 1.80 bits per heavy atom. The van der Waals surface area contributed by atoms with Crippen molar-refractivity contribution < 1.29 is 9.59 Å². The normalized spacial score (nSPS) is 12.6. The molecular weight excluding hydrogens is 398 g/mol. The van der Waals surface area contributed by atoms with Gasteiger partial charge < -0.3 is 16.8 Å². The number of halogens is 1. The molecule has 0 bridgehead atoms. The second-order valence-electron chi connectivity index (χ2n) is 6.49. The Balaban J connectivity index is 0.000000279. The number of carbonyl (C=O) groups excluding carboxylic acids is 2. The third-order valence-corrected chi connectivity index (χ3v) is 4.35. The van der Waals surface area contributed by atoms with E-state index in [1.54, 1.807) is 6.07 Å². The predicted octanol–water partition coefficient (Wildman–Crippen LogP) is 4.75. The topological polar surface area (TPSA) is 98.2 Å². The van der Waals surface area contributed by atoms with Crippen molar-refractivity contribution in [3.63, 3.8) is 0 Å². The Hall–Kier alpha value is -3.05. The summed E-state index contributed by atoms with van der Waals surface area (Å²) >= 11 is 5.83. The molecule has 0 saturated carbocycles. The SMILES string of the molecule is C=C(/C=C(\N)C(N)=O)Cc1ccccc1.CC.O=C1CCCc2ccc(Cl)cc2N1. The highest BCUT2D eigenvalue weighted by atomic mass is 35.5. The molecule has 0 spiro atoms. The summed E-state index contributed by atoms with van der Waals surface area (Å²) < 4.78 is 0. The van der Waals surface area contributed by atoms with Crippen LogP contribution in [0.25, 0.3) is 0 Å². The van der Waals surface area contributed by atoms with E-state index in [0.717, 1.165) is 29.7 Å². The zero-order chi connectivity index (χ0) is 22.5. The van der Waals surface area contributed by atoms with Gasteiger partial charge >= 0.3 is 0 Å². The lowest BCUT2D eigenvalue weighted by atomic mass is 10.1. The standard InChI is InChI=1S/C12H14N2O.C10H10ClNO.C2H6/c1-9(8-11(13)12(14)15)7-10-5-3-2-4-6-10;11-8-5-4-7-2-1-3-10(13)12-9(7)6-8;1-2/h2-6,8H,1,7,13H2,(H2,14,15);4-6H,1-3H2,(H,12,13);1-2H3/b11-8-;;. The van der Waals surface area contributed by atoms with Gasteiger partial charge in [0.25, 0.3) is 5.91 Å². The van der Waals surface area contributed by atoms with Gasteiger partial charge in [0.05, 0.1) is 5.70 Å². The molecule has 0 unspecified atom stereocenters. The van der Waals surface area contributed by atoms with Crippen LogP contribution in [-0.4, -0.2) is 11.8 Å². The van der Waals surface area contributed by atoms with Crippen LogP contribution < -0.4 is 16.8 Å². The summed E-state index contributed by atoms with van der Waals surface area (Å²) in [5.74, 6) is -0.537. The Morgan fingerprint density at radius 3 is 2.43 bits per heavy atom. The van der Waals surface area contributed by atoms with E-state index in [2.05, 4.69) is 11.9 Å². The molecule has 0 atom stereocenters. The van der Waals surface area contributed by atoms with Crippen LogP contribution in [0.4, 0.5) is 5.69 Å². The maximum absolute atomic E-state index is 11.2. The van der Waals surface area contributed by atoms with Gasteiger partial charge in [0, 0.05) is 17.1 Å². The quantitative estimate of drug-likeness (QED) is 0.484. The maximum Gasteiger partial charge on any atom is 0.264 e. The fourth-order valence-electron chi connectivity index (χ4n) is 2.74. The number of hydrogen-bond acceptors (Lipinski definition) is 3. The van der Waals surface area contributed by atoms with E-state index in [1.165, 1.54) is 11.6 Å². The van der Waals surface area contributed by atoms with Gasteiger partial charge in [0.2, 0.25) is 5.91 Å². The van der Waals surface area contributed by atoms with Crippen LogP contribution in [0.2, 0.25) is 5.02 Å². The van der Waals surface area contributed by atoms with Crippen LogP contribution in [0.1, 0.15) is 37.8 Å². The minimum absolute atomic E-state index is 0.0379. The number of fused-ring (bicyclic) bond motifs is 1. The first kappa shape index (κ1) is 25.0. The summed E-state index contributed by atoms with van der Waals surface area (Å²) in [5, 5.41) is 3.51. The molecule has 0 fully saturated rings. The fraction of sp³-hybridized carbons (Fsp3) is 0.250. The molecule has 1 aliphatic rings. The number of nitrogens with one attached hydrogen (secondary N) is 1. The van der Waals surface area contributed by atoms with Gasteiger partial charge in [-0.05, 0) is 54.2 Å². The summed E-state index contributed by atoms with van der Waals surface area (Å²) in [7, 11) is 0. The molecule has 0 aromatic heterocycles. The van der Waals surface area contributed by atoms with Crippen LogP contribution in [0.5, 0.6) is 0 Å². The van der Waals surface area contributed by atoms with Gasteiger partial charge in [-0.3, -0.25) is 9.59 Å². The van der Waals surface area contributed by atoms with Gasteiger partial charge in [-0.15, -0.1) is 0 Å². The van der Waals surface area contributed by atoms with Crippen LogP contribution >= 0.6 is 11.6 Å². The van der Waals surface area contributed by atoms with Crippen molar-refractivity contribution in [2.75, 3.05) is 5.32 Å². The monoisotopic (exact) mass is 427 g/mol. The van der Waals surface area contributed by atoms with Crippen molar-refractivity contribution in [1.29, 1.82) is 0 Å². The minimum atomic E-state index is -0.621. The van der Waals surface area contributed by atoms with E-state index in [0.29, 0.717) is 17.9 Å². The van der Waals surface area contributed by atoms with E-state index >= 15 is 0 Å². The summed E-state index contributed by atoms with van der Waals surface area (Å²) in [6.45, 7) is 7.81. The van der Waals surface area contributed by atoms with Crippen molar-refractivity contribution in [1.82, 2.24) is 0 Å². The molecule has 0 aliphatic carbocycles. The molecular formula is C24H30ClN3O2. The van der Waals surface area contributed by atoms with Crippen LogP contribution in [-0.2, 0) is 22.4 Å². The van der Waals surface area contributed by atoms with Crippen LogP contribution in [0, 0.1) is 0 Å². The lowest BCUT2D eigenvalue weighted by Crippen LogP contribution is -2.20. The largest absolute Gasteiger partial charge is 0.394 e. The molecule has 5 N–H and O–H groups in total.